The van der Waals surface area contributed by atoms with Crippen molar-refractivity contribution in [2.24, 2.45) is 16.8 Å². The Labute approximate surface area is 140 Å². The number of hydrogen-bond donors (Lipinski definition) is 3. The first-order valence-corrected chi connectivity index (χ1v) is 9.11. The number of allylic oxidation sites excluding steroid dienone is 1. The molecule has 7 heteroatoms. The maximum atomic E-state index is 11.1. The highest BCUT2D eigenvalue weighted by atomic mass is 32.2. The zero-order chi connectivity index (χ0) is 17.7. The van der Waals surface area contributed by atoms with Crippen LogP contribution < -0.4 is 16.2 Å². The Balaban J connectivity index is 0.000000868. The van der Waals surface area contributed by atoms with Gasteiger partial charge in [0, 0.05) is 25.4 Å². The van der Waals surface area contributed by atoms with Crippen molar-refractivity contribution in [2.45, 2.75) is 24.7 Å². The van der Waals surface area contributed by atoms with Crippen molar-refractivity contribution in [1.29, 1.82) is 0 Å². The van der Waals surface area contributed by atoms with Gasteiger partial charge < -0.3 is 15.8 Å². The molecule has 1 fully saturated rings. The van der Waals surface area contributed by atoms with Gasteiger partial charge >= 0.3 is 0 Å². The van der Waals surface area contributed by atoms with Gasteiger partial charge in [0.2, 0.25) is 10.0 Å². The molecule has 0 saturated carbocycles. The third-order valence-electron chi connectivity index (χ3n) is 3.12. The molecule has 0 aliphatic carbocycles. The Morgan fingerprint density at radius 3 is 2.17 bits per heavy atom. The molecule has 0 aromatic heterocycles. The van der Waals surface area contributed by atoms with Gasteiger partial charge in [-0.05, 0) is 57.0 Å². The van der Waals surface area contributed by atoms with Crippen molar-refractivity contribution in [2.75, 3.05) is 32.1 Å². The average Bonchev–Trinajstić information content (AvgIpc) is 2.56. The number of benzene rings is 1. The van der Waals surface area contributed by atoms with Gasteiger partial charge in [-0.3, -0.25) is 0 Å². The van der Waals surface area contributed by atoms with E-state index in [0.29, 0.717) is 5.92 Å². The molecule has 132 valence electrons. The molecule has 0 bridgehead atoms. The first-order valence-electron chi connectivity index (χ1n) is 7.56. The maximum absolute atomic E-state index is 11.1. The summed E-state index contributed by atoms with van der Waals surface area (Å²) in [6.45, 7) is 7.80. The lowest BCUT2D eigenvalue weighted by Gasteiger charge is -2.22. The summed E-state index contributed by atoms with van der Waals surface area (Å²) in [7, 11) is -2.10. The highest BCUT2D eigenvalue weighted by Gasteiger charge is 2.13. The van der Waals surface area contributed by atoms with Crippen LogP contribution in [-0.2, 0) is 14.8 Å². The highest BCUT2D eigenvalue weighted by molar-refractivity contribution is 7.89. The Morgan fingerprint density at radius 1 is 1.26 bits per heavy atom. The van der Waals surface area contributed by atoms with Crippen LogP contribution in [0.4, 0.5) is 5.69 Å². The molecule has 0 unspecified atom stereocenters. The fraction of sp³-hybridized carbons (Fsp3) is 0.500. The molecular formula is C16H29N3O3S. The third-order valence-corrected chi connectivity index (χ3v) is 4.05. The summed E-state index contributed by atoms with van der Waals surface area (Å²) in [5.41, 5.74) is 5.41. The molecule has 1 aromatic carbocycles. The summed E-state index contributed by atoms with van der Waals surface area (Å²) in [6, 6.07) is 6.50. The van der Waals surface area contributed by atoms with E-state index in [0.717, 1.165) is 38.3 Å². The van der Waals surface area contributed by atoms with Crippen molar-refractivity contribution >= 4 is 15.7 Å². The van der Waals surface area contributed by atoms with E-state index in [1.807, 2.05) is 6.92 Å². The van der Waals surface area contributed by atoms with E-state index in [1.54, 1.807) is 18.2 Å². The molecule has 1 aliphatic heterocycles. The number of primary sulfonamides is 1. The minimum Gasteiger partial charge on any atom is -0.385 e. The van der Waals surface area contributed by atoms with Gasteiger partial charge in [0.1, 0.15) is 0 Å². The zero-order valence-electron chi connectivity index (χ0n) is 14.0. The second kappa shape index (κ2) is 12.1. The van der Waals surface area contributed by atoms with Crippen LogP contribution in [0.1, 0.15) is 19.8 Å². The summed E-state index contributed by atoms with van der Waals surface area (Å²) in [5.74, 6) is 0.622. The van der Waals surface area contributed by atoms with Crippen LogP contribution in [0.3, 0.4) is 0 Å². The highest BCUT2D eigenvalue weighted by Crippen LogP contribution is 2.17. The molecule has 0 amide bonds. The van der Waals surface area contributed by atoms with Crippen molar-refractivity contribution < 1.29 is 13.2 Å². The topological polar surface area (TPSA) is 107 Å². The van der Waals surface area contributed by atoms with Crippen LogP contribution in [0.15, 0.2) is 41.8 Å². The van der Waals surface area contributed by atoms with E-state index < -0.39 is 10.0 Å². The Hall–Kier alpha value is -1.41. The van der Waals surface area contributed by atoms with Crippen LogP contribution in [0.2, 0.25) is 0 Å². The molecule has 1 heterocycles. The lowest BCUT2D eigenvalue weighted by molar-refractivity contribution is 0.0699. The molecule has 5 N–H and O–H groups in total. The van der Waals surface area contributed by atoms with E-state index in [-0.39, 0.29) is 4.90 Å². The Kier molecular flexibility index (Phi) is 11.3. The molecule has 0 radical (unpaired) electrons. The van der Waals surface area contributed by atoms with Gasteiger partial charge in [-0.15, -0.1) is 6.58 Å². The summed E-state index contributed by atoms with van der Waals surface area (Å²) >= 11 is 0. The lowest BCUT2D eigenvalue weighted by atomic mass is 10.0. The van der Waals surface area contributed by atoms with Crippen molar-refractivity contribution in [3.63, 3.8) is 0 Å². The fourth-order valence-corrected chi connectivity index (χ4v) is 2.49. The maximum Gasteiger partial charge on any atom is 0.238 e. The molecule has 2 rings (SSSR count). The van der Waals surface area contributed by atoms with E-state index in [1.165, 1.54) is 19.2 Å². The second-order valence-electron chi connectivity index (χ2n) is 4.91. The number of nitrogens with one attached hydrogen (secondary N) is 1. The summed E-state index contributed by atoms with van der Waals surface area (Å²) in [4.78, 5) is 0.138. The Bertz CT molecular complexity index is 524. The van der Waals surface area contributed by atoms with E-state index >= 15 is 0 Å². The molecule has 0 atom stereocenters. The van der Waals surface area contributed by atoms with Crippen molar-refractivity contribution in [3.05, 3.63) is 36.9 Å². The third kappa shape index (κ3) is 9.35. The van der Waals surface area contributed by atoms with Gasteiger partial charge in [-0.1, -0.05) is 6.08 Å². The van der Waals surface area contributed by atoms with Crippen LogP contribution >= 0.6 is 0 Å². The van der Waals surface area contributed by atoms with Crippen molar-refractivity contribution in [3.8, 4) is 0 Å². The molecule has 1 aliphatic rings. The lowest BCUT2D eigenvalue weighted by Crippen LogP contribution is -2.22. The van der Waals surface area contributed by atoms with Crippen LogP contribution in [0, 0.1) is 5.92 Å². The standard InChI is InChI=1S/C12H18N2O3S.C3H6.CH5N/c13-18(15,16)12-3-1-11(2-4-12)14-9-10-5-7-17-8-6-10;1-3-2;1-2/h1-4,10,14H,5-9H2,(H2,13,15,16);3H,1H2,2H3;2H2,1H3. The Morgan fingerprint density at radius 2 is 1.74 bits per heavy atom. The molecule has 1 aromatic rings. The molecular weight excluding hydrogens is 314 g/mol. The summed E-state index contributed by atoms with van der Waals surface area (Å²) in [5, 5.41) is 8.34. The van der Waals surface area contributed by atoms with Crippen molar-refractivity contribution in [1.82, 2.24) is 0 Å². The normalized spacial score (nSPS) is 14.6. The van der Waals surface area contributed by atoms with Gasteiger partial charge in [-0.25, -0.2) is 13.6 Å². The number of nitrogens with two attached hydrogens (primary N) is 2. The van der Waals surface area contributed by atoms with Gasteiger partial charge in [0.05, 0.1) is 4.90 Å². The SMILES string of the molecule is C=CC.CN.NS(=O)(=O)c1ccc(NCC2CCOCC2)cc1. The quantitative estimate of drug-likeness (QED) is 0.724. The molecule has 1 saturated heterocycles. The number of rotatable bonds is 4. The number of hydrogen-bond acceptors (Lipinski definition) is 5. The fourth-order valence-electron chi connectivity index (χ4n) is 1.98. The van der Waals surface area contributed by atoms with Crippen LogP contribution in [0.5, 0.6) is 0 Å². The minimum absolute atomic E-state index is 0.138. The first-order chi connectivity index (χ1) is 11.0. The van der Waals surface area contributed by atoms with Crippen LogP contribution in [0.25, 0.3) is 0 Å². The molecule has 6 nitrogen and oxygen atoms in total. The largest absolute Gasteiger partial charge is 0.385 e. The van der Waals surface area contributed by atoms with Gasteiger partial charge in [0.15, 0.2) is 0 Å². The molecule has 0 spiro atoms. The minimum atomic E-state index is -3.60. The van der Waals surface area contributed by atoms with E-state index in [2.05, 4.69) is 17.6 Å². The number of ether oxygens (including phenoxy) is 1. The number of anilines is 1. The smallest absolute Gasteiger partial charge is 0.238 e. The predicted molar refractivity (Wildman–Crippen MR) is 95.8 cm³/mol. The van der Waals surface area contributed by atoms with Crippen LogP contribution in [-0.4, -0.2) is 35.2 Å². The zero-order valence-corrected chi connectivity index (χ0v) is 14.8. The second-order valence-corrected chi connectivity index (χ2v) is 6.48. The summed E-state index contributed by atoms with van der Waals surface area (Å²) < 4.78 is 27.5. The summed E-state index contributed by atoms with van der Waals surface area (Å²) in [6.07, 6.45) is 3.89. The van der Waals surface area contributed by atoms with Gasteiger partial charge in [-0.2, -0.15) is 0 Å². The van der Waals surface area contributed by atoms with Gasteiger partial charge in [0.25, 0.3) is 0 Å². The molecule has 23 heavy (non-hydrogen) atoms. The number of sulfonamides is 1. The monoisotopic (exact) mass is 343 g/mol. The van der Waals surface area contributed by atoms with E-state index in [4.69, 9.17) is 9.88 Å². The predicted octanol–water partition coefficient (Wildman–Crippen LogP) is 1.94. The first kappa shape index (κ1) is 21.6. The average molecular weight is 343 g/mol. The van der Waals surface area contributed by atoms with E-state index in [9.17, 15) is 8.42 Å².